The standard InChI is InChI=1S/C10H17N3OS2.ClH/c11-10-12-5-9(16-10)6-13-2-4-15-7-8(13)1-3-14;/h5,8,14H,1-4,6-7H2,(H2,11,12);1H. The lowest BCUT2D eigenvalue weighted by Gasteiger charge is -2.34. The summed E-state index contributed by atoms with van der Waals surface area (Å²) in [7, 11) is 0. The molecule has 1 aromatic heterocycles. The van der Waals surface area contributed by atoms with Crippen LogP contribution >= 0.6 is 35.5 Å². The SMILES string of the molecule is Cl.Nc1ncc(CN2CCSCC2CCO)s1. The van der Waals surface area contributed by atoms with Crippen molar-refractivity contribution in [3.05, 3.63) is 11.1 Å². The van der Waals surface area contributed by atoms with Gasteiger partial charge in [-0.15, -0.1) is 23.7 Å². The summed E-state index contributed by atoms with van der Waals surface area (Å²) in [6.45, 7) is 2.28. The second kappa shape index (κ2) is 7.43. The van der Waals surface area contributed by atoms with Crippen molar-refractivity contribution in [1.29, 1.82) is 0 Å². The van der Waals surface area contributed by atoms with Gasteiger partial charge in [-0.25, -0.2) is 4.98 Å². The van der Waals surface area contributed by atoms with E-state index in [1.165, 1.54) is 10.6 Å². The molecule has 1 atom stereocenters. The monoisotopic (exact) mass is 295 g/mol. The van der Waals surface area contributed by atoms with Crippen LogP contribution < -0.4 is 5.73 Å². The molecule has 98 valence electrons. The van der Waals surface area contributed by atoms with Crippen LogP contribution in [0, 0.1) is 0 Å². The van der Waals surface area contributed by atoms with Gasteiger partial charge in [-0.1, -0.05) is 0 Å². The molecule has 1 unspecified atom stereocenters. The number of aromatic nitrogens is 1. The van der Waals surface area contributed by atoms with E-state index in [2.05, 4.69) is 9.88 Å². The first-order valence-electron chi connectivity index (χ1n) is 5.42. The number of anilines is 1. The van der Waals surface area contributed by atoms with Crippen LogP contribution in [0.1, 0.15) is 11.3 Å². The molecular formula is C10H18ClN3OS2. The Kier molecular flexibility index (Phi) is 6.58. The number of nitrogens with two attached hydrogens (primary N) is 1. The maximum atomic E-state index is 9.04. The molecule has 1 aromatic rings. The minimum atomic E-state index is 0. The minimum Gasteiger partial charge on any atom is -0.396 e. The van der Waals surface area contributed by atoms with Crippen LogP contribution in [0.3, 0.4) is 0 Å². The number of hydrogen-bond acceptors (Lipinski definition) is 6. The van der Waals surface area contributed by atoms with Crippen molar-refractivity contribution < 1.29 is 5.11 Å². The molecule has 0 radical (unpaired) electrons. The third-order valence-corrected chi connectivity index (χ3v) is 4.65. The molecule has 1 aliphatic rings. The molecule has 4 nitrogen and oxygen atoms in total. The Bertz CT molecular complexity index is 335. The van der Waals surface area contributed by atoms with Gasteiger partial charge in [0.25, 0.3) is 0 Å². The molecule has 3 N–H and O–H groups in total. The average Bonchev–Trinajstić information content (AvgIpc) is 2.67. The van der Waals surface area contributed by atoms with Crippen molar-refractivity contribution in [2.75, 3.05) is 30.4 Å². The van der Waals surface area contributed by atoms with Gasteiger partial charge >= 0.3 is 0 Å². The summed E-state index contributed by atoms with van der Waals surface area (Å²) in [6.07, 6.45) is 2.72. The maximum Gasteiger partial charge on any atom is 0.180 e. The van der Waals surface area contributed by atoms with E-state index < -0.39 is 0 Å². The molecule has 1 aliphatic heterocycles. The van der Waals surface area contributed by atoms with E-state index in [9.17, 15) is 0 Å². The summed E-state index contributed by atoms with van der Waals surface area (Å²) >= 11 is 3.53. The number of nitrogens with zero attached hydrogens (tertiary/aromatic N) is 2. The van der Waals surface area contributed by atoms with Gasteiger partial charge in [0.05, 0.1) is 0 Å². The number of rotatable bonds is 4. The van der Waals surface area contributed by atoms with Crippen molar-refractivity contribution in [1.82, 2.24) is 9.88 Å². The van der Waals surface area contributed by atoms with Crippen molar-refractivity contribution >= 4 is 40.6 Å². The van der Waals surface area contributed by atoms with E-state index in [0.29, 0.717) is 11.2 Å². The number of aliphatic hydroxyl groups excluding tert-OH is 1. The molecule has 2 rings (SSSR count). The maximum absolute atomic E-state index is 9.04. The summed E-state index contributed by atoms with van der Waals surface area (Å²) < 4.78 is 0. The van der Waals surface area contributed by atoms with Gasteiger partial charge in [-0.3, -0.25) is 4.90 Å². The highest BCUT2D eigenvalue weighted by atomic mass is 35.5. The number of nitrogen functional groups attached to an aromatic ring is 1. The van der Waals surface area contributed by atoms with E-state index in [-0.39, 0.29) is 19.0 Å². The number of thioether (sulfide) groups is 1. The van der Waals surface area contributed by atoms with Crippen LogP contribution in [0.15, 0.2) is 6.20 Å². The second-order valence-corrected chi connectivity index (χ2v) is 6.17. The number of hydrogen-bond donors (Lipinski definition) is 2. The fourth-order valence-electron chi connectivity index (χ4n) is 1.91. The van der Waals surface area contributed by atoms with Gasteiger partial charge in [0.15, 0.2) is 5.13 Å². The molecule has 0 spiro atoms. The van der Waals surface area contributed by atoms with Crippen LogP contribution in [0.5, 0.6) is 0 Å². The van der Waals surface area contributed by atoms with Gasteiger partial charge < -0.3 is 10.8 Å². The highest BCUT2D eigenvalue weighted by Gasteiger charge is 2.22. The third-order valence-electron chi connectivity index (χ3n) is 2.74. The lowest BCUT2D eigenvalue weighted by atomic mass is 10.2. The summed E-state index contributed by atoms with van der Waals surface area (Å²) in [5, 5.41) is 9.68. The van der Waals surface area contributed by atoms with E-state index in [0.717, 1.165) is 25.3 Å². The van der Waals surface area contributed by atoms with Crippen LogP contribution in [0.2, 0.25) is 0 Å². The molecule has 0 saturated carbocycles. The molecule has 0 aliphatic carbocycles. The summed E-state index contributed by atoms with van der Waals surface area (Å²) in [5.41, 5.74) is 5.62. The molecule has 1 fully saturated rings. The summed E-state index contributed by atoms with van der Waals surface area (Å²) in [4.78, 5) is 7.71. The topological polar surface area (TPSA) is 62.4 Å². The first-order chi connectivity index (χ1) is 7.79. The van der Waals surface area contributed by atoms with E-state index >= 15 is 0 Å². The van der Waals surface area contributed by atoms with Crippen LogP contribution in [0.4, 0.5) is 5.13 Å². The van der Waals surface area contributed by atoms with Gasteiger partial charge in [-0.05, 0) is 6.42 Å². The zero-order valence-electron chi connectivity index (χ0n) is 9.54. The highest BCUT2D eigenvalue weighted by molar-refractivity contribution is 7.99. The van der Waals surface area contributed by atoms with Gasteiger partial charge in [0.1, 0.15) is 0 Å². The van der Waals surface area contributed by atoms with Crippen molar-refractivity contribution in [2.45, 2.75) is 19.0 Å². The van der Waals surface area contributed by atoms with Gasteiger partial charge in [0.2, 0.25) is 0 Å². The Labute approximate surface area is 116 Å². The van der Waals surface area contributed by atoms with Crippen LogP contribution in [-0.4, -0.2) is 45.7 Å². The Morgan fingerprint density at radius 1 is 1.59 bits per heavy atom. The zero-order chi connectivity index (χ0) is 11.4. The second-order valence-electron chi connectivity index (χ2n) is 3.88. The Morgan fingerprint density at radius 2 is 2.41 bits per heavy atom. The third kappa shape index (κ3) is 4.30. The average molecular weight is 296 g/mol. The first kappa shape index (κ1) is 15.0. The van der Waals surface area contributed by atoms with Crippen LogP contribution in [-0.2, 0) is 6.54 Å². The Balaban J connectivity index is 0.00000144. The van der Waals surface area contributed by atoms with E-state index in [4.69, 9.17) is 10.8 Å². The minimum absolute atomic E-state index is 0. The smallest absolute Gasteiger partial charge is 0.180 e. The van der Waals surface area contributed by atoms with E-state index in [1.807, 2.05) is 18.0 Å². The van der Waals surface area contributed by atoms with Crippen molar-refractivity contribution in [2.24, 2.45) is 0 Å². The largest absolute Gasteiger partial charge is 0.396 e. The quantitative estimate of drug-likeness (QED) is 0.880. The molecule has 2 heterocycles. The van der Waals surface area contributed by atoms with Gasteiger partial charge in [-0.2, -0.15) is 11.8 Å². The number of halogens is 1. The molecular weight excluding hydrogens is 278 g/mol. The lowest BCUT2D eigenvalue weighted by molar-refractivity contribution is 0.168. The fraction of sp³-hybridized carbons (Fsp3) is 0.700. The summed E-state index contributed by atoms with van der Waals surface area (Å²) in [6, 6.07) is 0.493. The summed E-state index contributed by atoms with van der Waals surface area (Å²) in [5.74, 6) is 2.30. The normalized spacial score (nSPS) is 21.1. The fourth-order valence-corrected chi connectivity index (χ4v) is 3.80. The molecule has 0 bridgehead atoms. The lowest BCUT2D eigenvalue weighted by Crippen LogP contribution is -2.42. The van der Waals surface area contributed by atoms with Gasteiger partial charge in [0, 0.05) is 48.3 Å². The van der Waals surface area contributed by atoms with Crippen LogP contribution in [0.25, 0.3) is 0 Å². The number of aliphatic hydroxyl groups is 1. The zero-order valence-corrected chi connectivity index (χ0v) is 12.0. The predicted molar refractivity (Wildman–Crippen MR) is 77.0 cm³/mol. The highest BCUT2D eigenvalue weighted by Crippen LogP contribution is 2.23. The number of thiazole rings is 1. The Morgan fingerprint density at radius 3 is 3.06 bits per heavy atom. The molecule has 1 saturated heterocycles. The molecule has 0 aromatic carbocycles. The molecule has 17 heavy (non-hydrogen) atoms. The predicted octanol–water partition coefficient (Wildman–Crippen LogP) is 1.45. The Hall–Kier alpha value is -0.0100. The van der Waals surface area contributed by atoms with E-state index in [1.54, 1.807) is 11.3 Å². The molecule has 0 amide bonds. The first-order valence-corrected chi connectivity index (χ1v) is 7.39. The van der Waals surface area contributed by atoms with Crippen molar-refractivity contribution in [3.8, 4) is 0 Å². The van der Waals surface area contributed by atoms with Crippen molar-refractivity contribution in [3.63, 3.8) is 0 Å². The molecule has 7 heteroatoms.